The minimum absolute atomic E-state index is 0.223. The van der Waals surface area contributed by atoms with Gasteiger partial charge >= 0.3 is 6.03 Å². The maximum atomic E-state index is 12.0. The van der Waals surface area contributed by atoms with Crippen molar-refractivity contribution in [3.63, 3.8) is 0 Å². The van der Waals surface area contributed by atoms with Crippen molar-refractivity contribution in [2.45, 2.75) is 38.5 Å². The van der Waals surface area contributed by atoms with Gasteiger partial charge in [-0.15, -0.1) is 0 Å². The molecule has 1 saturated heterocycles. The van der Waals surface area contributed by atoms with Gasteiger partial charge in [0.15, 0.2) is 0 Å². The average molecular weight is 270 g/mol. The van der Waals surface area contributed by atoms with E-state index >= 15 is 0 Å². The van der Waals surface area contributed by atoms with Crippen molar-refractivity contribution in [1.29, 1.82) is 0 Å². The predicted molar refractivity (Wildman–Crippen MR) is 74.4 cm³/mol. The molecule has 0 bridgehead atoms. The topological polar surface area (TPSA) is 101 Å². The largest absolute Gasteiger partial charge is 0.352 e. The zero-order valence-electron chi connectivity index (χ0n) is 11.6. The van der Waals surface area contributed by atoms with E-state index in [0.29, 0.717) is 25.4 Å². The molecule has 1 fully saturated rings. The fourth-order valence-corrected chi connectivity index (χ4v) is 2.46. The lowest BCUT2D eigenvalue weighted by Crippen LogP contribution is -2.44. The van der Waals surface area contributed by atoms with Gasteiger partial charge in [0.2, 0.25) is 5.91 Å². The Morgan fingerprint density at radius 3 is 2.74 bits per heavy atom. The van der Waals surface area contributed by atoms with Gasteiger partial charge in [0.05, 0.1) is 0 Å². The lowest BCUT2D eigenvalue weighted by molar-refractivity contribution is -0.133. The quantitative estimate of drug-likeness (QED) is 0.584. The zero-order chi connectivity index (χ0) is 14.1. The van der Waals surface area contributed by atoms with E-state index in [9.17, 15) is 9.59 Å². The maximum Gasteiger partial charge on any atom is 0.312 e. The average Bonchev–Trinajstić information content (AvgIpc) is 2.41. The standard InChI is InChI=1S/C13H26N4O2/c14-7-3-1-2-6-12(18)17-8-4-5-11(10-17)9-16-13(15)19/h11H,1-10,14H2,(H3,15,16,19). The SMILES string of the molecule is NCCCCCC(=O)N1CCCC(CNC(N)=O)C1. The van der Waals surface area contributed by atoms with Crippen LogP contribution in [0.5, 0.6) is 0 Å². The van der Waals surface area contributed by atoms with E-state index < -0.39 is 6.03 Å². The minimum Gasteiger partial charge on any atom is -0.352 e. The van der Waals surface area contributed by atoms with Gasteiger partial charge in [-0.1, -0.05) is 6.42 Å². The van der Waals surface area contributed by atoms with Crippen molar-refractivity contribution < 1.29 is 9.59 Å². The molecule has 1 unspecified atom stereocenters. The molecular formula is C13H26N4O2. The fraction of sp³-hybridized carbons (Fsp3) is 0.846. The van der Waals surface area contributed by atoms with Crippen molar-refractivity contribution in [2.75, 3.05) is 26.2 Å². The highest BCUT2D eigenvalue weighted by molar-refractivity contribution is 5.76. The van der Waals surface area contributed by atoms with Crippen molar-refractivity contribution in [3.8, 4) is 0 Å². The van der Waals surface area contributed by atoms with Crippen LogP contribution in [0, 0.1) is 5.92 Å². The van der Waals surface area contributed by atoms with E-state index in [0.717, 1.165) is 45.2 Å². The second kappa shape index (κ2) is 8.74. The predicted octanol–water partition coefficient (Wildman–Crippen LogP) is 0.412. The molecule has 0 aliphatic carbocycles. The molecule has 6 heteroatoms. The second-order valence-electron chi connectivity index (χ2n) is 5.19. The van der Waals surface area contributed by atoms with Crippen LogP contribution in [0.4, 0.5) is 4.79 Å². The lowest BCUT2D eigenvalue weighted by atomic mass is 9.97. The number of nitrogens with zero attached hydrogens (tertiary/aromatic N) is 1. The number of likely N-dealkylation sites (tertiary alicyclic amines) is 1. The van der Waals surface area contributed by atoms with Gasteiger partial charge in [-0.25, -0.2) is 4.79 Å². The van der Waals surface area contributed by atoms with Gasteiger partial charge in [0, 0.05) is 26.1 Å². The molecular weight excluding hydrogens is 244 g/mol. The molecule has 3 amide bonds. The van der Waals surface area contributed by atoms with Crippen molar-refractivity contribution in [2.24, 2.45) is 17.4 Å². The summed E-state index contributed by atoms with van der Waals surface area (Å²) in [6.45, 7) is 2.82. The smallest absolute Gasteiger partial charge is 0.312 e. The molecule has 0 radical (unpaired) electrons. The van der Waals surface area contributed by atoms with Crippen LogP contribution in [0.3, 0.4) is 0 Å². The molecule has 110 valence electrons. The summed E-state index contributed by atoms with van der Waals surface area (Å²) >= 11 is 0. The second-order valence-corrected chi connectivity index (χ2v) is 5.19. The van der Waals surface area contributed by atoms with Gasteiger partial charge < -0.3 is 21.7 Å². The van der Waals surface area contributed by atoms with Crippen molar-refractivity contribution in [1.82, 2.24) is 10.2 Å². The highest BCUT2D eigenvalue weighted by Gasteiger charge is 2.23. The molecule has 0 aromatic heterocycles. The van der Waals surface area contributed by atoms with Gasteiger partial charge in [0.1, 0.15) is 0 Å². The van der Waals surface area contributed by atoms with E-state index in [4.69, 9.17) is 11.5 Å². The Bertz CT molecular complexity index is 296. The lowest BCUT2D eigenvalue weighted by Gasteiger charge is -2.32. The number of nitrogens with two attached hydrogens (primary N) is 2. The van der Waals surface area contributed by atoms with E-state index in [2.05, 4.69) is 5.32 Å². The van der Waals surface area contributed by atoms with E-state index in [1.54, 1.807) is 0 Å². The third-order valence-electron chi connectivity index (χ3n) is 3.53. The number of carbonyl (C=O) groups is 2. The molecule has 0 saturated carbocycles. The maximum absolute atomic E-state index is 12.0. The highest BCUT2D eigenvalue weighted by Crippen LogP contribution is 2.17. The Balaban J connectivity index is 2.24. The molecule has 1 aliphatic heterocycles. The third-order valence-corrected chi connectivity index (χ3v) is 3.53. The van der Waals surface area contributed by atoms with Crippen LogP contribution in [0.1, 0.15) is 38.5 Å². The van der Waals surface area contributed by atoms with E-state index in [1.165, 1.54) is 0 Å². The molecule has 1 atom stereocenters. The Kier molecular flexibility index (Phi) is 7.25. The number of urea groups is 1. The number of nitrogens with one attached hydrogen (secondary N) is 1. The molecule has 5 N–H and O–H groups in total. The van der Waals surface area contributed by atoms with E-state index in [1.807, 2.05) is 4.90 Å². The van der Waals surface area contributed by atoms with Gasteiger partial charge in [-0.3, -0.25) is 4.79 Å². The Morgan fingerprint density at radius 2 is 2.05 bits per heavy atom. The molecule has 6 nitrogen and oxygen atoms in total. The van der Waals surface area contributed by atoms with Crippen LogP contribution < -0.4 is 16.8 Å². The minimum atomic E-state index is -0.495. The number of hydrogen-bond donors (Lipinski definition) is 3. The number of hydrogen-bond acceptors (Lipinski definition) is 3. The summed E-state index contributed by atoms with van der Waals surface area (Å²) in [6.07, 6.45) is 5.56. The number of carbonyl (C=O) groups excluding carboxylic acids is 2. The Labute approximate surface area is 114 Å². The summed E-state index contributed by atoms with van der Waals surface area (Å²) in [4.78, 5) is 24.6. The van der Waals surface area contributed by atoms with Gasteiger partial charge in [-0.2, -0.15) is 0 Å². The van der Waals surface area contributed by atoms with E-state index in [-0.39, 0.29) is 5.91 Å². The molecule has 1 rings (SSSR count). The van der Waals surface area contributed by atoms with Crippen LogP contribution in [0.25, 0.3) is 0 Å². The molecule has 0 aromatic rings. The first-order chi connectivity index (χ1) is 9.13. The van der Waals surface area contributed by atoms with Crippen LogP contribution in [-0.4, -0.2) is 43.0 Å². The fourth-order valence-electron chi connectivity index (χ4n) is 2.46. The van der Waals surface area contributed by atoms with Gasteiger partial charge in [-0.05, 0) is 38.1 Å². The first kappa shape index (κ1) is 15.8. The summed E-state index contributed by atoms with van der Waals surface area (Å²) in [5.74, 6) is 0.551. The number of amides is 3. The molecule has 19 heavy (non-hydrogen) atoms. The first-order valence-electron chi connectivity index (χ1n) is 7.14. The van der Waals surface area contributed by atoms with Crippen molar-refractivity contribution in [3.05, 3.63) is 0 Å². The number of primary amides is 1. The monoisotopic (exact) mass is 270 g/mol. The molecule has 1 aliphatic rings. The highest BCUT2D eigenvalue weighted by atomic mass is 16.2. The summed E-state index contributed by atoms with van der Waals surface area (Å²) in [5, 5.41) is 2.62. The van der Waals surface area contributed by atoms with Crippen LogP contribution in [0.15, 0.2) is 0 Å². The molecule has 0 spiro atoms. The third kappa shape index (κ3) is 6.42. The van der Waals surface area contributed by atoms with Crippen LogP contribution in [-0.2, 0) is 4.79 Å². The van der Waals surface area contributed by atoms with Crippen LogP contribution in [0.2, 0.25) is 0 Å². The van der Waals surface area contributed by atoms with Crippen molar-refractivity contribution >= 4 is 11.9 Å². The zero-order valence-corrected chi connectivity index (χ0v) is 11.6. The Hall–Kier alpha value is -1.30. The van der Waals surface area contributed by atoms with Gasteiger partial charge in [0.25, 0.3) is 0 Å². The Morgan fingerprint density at radius 1 is 1.26 bits per heavy atom. The summed E-state index contributed by atoms with van der Waals surface area (Å²) < 4.78 is 0. The summed E-state index contributed by atoms with van der Waals surface area (Å²) in [6, 6.07) is -0.495. The molecule has 1 heterocycles. The summed E-state index contributed by atoms with van der Waals surface area (Å²) in [7, 11) is 0. The normalized spacial score (nSPS) is 19.2. The number of rotatable bonds is 7. The summed E-state index contributed by atoms with van der Waals surface area (Å²) in [5.41, 5.74) is 10.5. The number of unbranched alkanes of at least 4 members (excludes halogenated alkanes) is 2. The van der Waals surface area contributed by atoms with Crippen LogP contribution >= 0.6 is 0 Å². The molecule has 0 aromatic carbocycles. The first-order valence-corrected chi connectivity index (χ1v) is 7.14. The number of piperidine rings is 1.